The Labute approximate surface area is 142 Å². The molecule has 0 heterocycles. The quantitative estimate of drug-likeness (QED) is 0.858. The maximum atomic E-state index is 12.4. The summed E-state index contributed by atoms with van der Waals surface area (Å²) in [6.07, 6.45) is 3.82. The van der Waals surface area contributed by atoms with Gasteiger partial charge in [0.05, 0.1) is 15.5 Å². The monoisotopic (exact) mass is 363 g/mol. The molecular formula is C14H19Cl2N3O2S. The van der Waals surface area contributed by atoms with E-state index in [4.69, 9.17) is 22.6 Å². The second-order valence-corrected chi connectivity index (χ2v) is 7.38. The van der Waals surface area contributed by atoms with Crippen molar-refractivity contribution >= 4 is 34.0 Å². The van der Waals surface area contributed by atoms with Crippen LogP contribution in [0.5, 0.6) is 0 Å². The van der Waals surface area contributed by atoms with Crippen molar-refractivity contribution in [2.24, 2.45) is 11.7 Å². The SMILES string of the molecule is Cl.N#Cc1ccc(S(=O)(=O)NC2CCCCC2CN)cc1Cl. The summed E-state index contributed by atoms with van der Waals surface area (Å²) >= 11 is 5.90. The molecule has 1 aliphatic rings. The van der Waals surface area contributed by atoms with Gasteiger partial charge in [0.2, 0.25) is 10.0 Å². The number of nitrogens with zero attached hydrogens (tertiary/aromatic N) is 1. The first-order valence-corrected chi connectivity index (χ1v) is 8.76. The van der Waals surface area contributed by atoms with E-state index in [0.717, 1.165) is 25.7 Å². The van der Waals surface area contributed by atoms with Crippen LogP contribution in [0.15, 0.2) is 23.1 Å². The highest BCUT2D eigenvalue weighted by Crippen LogP contribution is 2.26. The lowest BCUT2D eigenvalue weighted by atomic mass is 9.85. The molecule has 1 aromatic carbocycles. The predicted octanol–water partition coefficient (Wildman–Crippen LogP) is 2.43. The summed E-state index contributed by atoms with van der Waals surface area (Å²) < 4.78 is 27.6. The lowest BCUT2D eigenvalue weighted by Gasteiger charge is -2.31. The van der Waals surface area contributed by atoms with Gasteiger partial charge in [0.25, 0.3) is 0 Å². The first kappa shape index (κ1) is 19.2. The van der Waals surface area contributed by atoms with Gasteiger partial charge in [-0.3, -0.25) is 0 Å². The summed E-state index contributed by atoms with van der Waals surface area (Å²) in [5.74, 6) is 0.169. The Morgan fingerprint density at radius 3 is 2.64 bits per heavy atom. The molecule has 122 valence electrons. The van der Waals surface area contributed by atoms with Crippen LogP contribution in [0.3, 0.4) is 0 Å². The van der Waals surface area contributed by atoms with Gasteiger partial charge in [0, 0.05) is 6.04 Å². The third-order valence-electron chi connectivity index (χ3n) is 3.89. The van der Waals surface area contributed by atoms with Crippen LogP contribution in [0.4, 0.5) is 0 Å². The number of hydrogen-bond acceptors (Lipinski definition) is 4. The first-order chi connectivity index (χ1) is 9.97. The lowest BCUT2D eigenvalue weighted by molar-refractivity contribution is 0.296. The van der Waals surface area contributed by atoms with E-state index >= 15 is 0 Å². The molecule has 8 heteroatoms. The van der Waals surface area contributed by atoms with Crippen LogP contribution in [-0.4, -0.2) is 21.0 Å². The topological polar surface area (TPSA) is 96.0 Å². The van der Waals surface area contributed by atoms with Crippen LogP contribution < -0.4 is 10.5 Å². The molecule has 2 rings (SSSR count). The first-order valence-electron chi connectivity index (χ1n) is 6.90. The van der Waals surface area contributed by atoms with Crippen molar-refractivity contribution in [1.82, 2.24) is 4.72 Å². The summed E-state index contributed by atoms with van der Waals surface area (Å²) in [4.78, 5) is 0.0767. The number of nitrogens with one attached hydrogen (secondary N) is 1. The van der Waals surface area contributed by atoms with E-state index in [0.29, 0.717) is 6.54 Å². The van der Waals surface area contributed by atoms with Gasteiger partial charge in [-0.1, -0.05) is 24.4 Å². The summed E-state index contributed by atoms with van der Waals surface area (Å²) in [5, 5.41) is 8.96. The third kappa shape index (κ3) is 4.34. The predicted molar refractivity (Wildman–Crippen MR) is 88.5 cm³/mol. The van der Waals surface area contributed by atoms with Crippen LogP contribution in [0.25, 0.3) is 0 Å². The molecule has 0 saturated heterocycles. The minimum absolute atomic E-state index is 0. The largest absolute Gasteiger partial charge is 0.330 e. The molecule has 0 aliphatic heterocycles. The van der Waals surface area contributed by atoms with Gasteiger partial charge in [-0.05, 0) is 43.5 Å². The van der Waals surface area contributed by atoms with Crippen molar-refractivity contribution in [3.05, 3.63) is 28.8 Å². The summed E-state index contributed by atoms with van der Waals surface area (Å²) in [6, 6.07) is 5.89. The van der Waals surface area contributed by atoms with Gasteiger partial charge < -0.3 is 5.73 Å². The molecule has 1 fully saturated rings. The Balaban J connectivity index is 0.00000242. The molecule has 1 aliphatic carbocycles. The molecule has 0 bridgehead atoms. The fourth-order valence-corrected chi connectivity index (χ4v) is 4.32. The summed E-state index contributed by atoms with van der Waals surface area (Å²) in [7, 11) is -3.65. The average Bonchev–Trinajstić information content (AvgIpc) is 2.47. The third-order valence-corrected chi connectivity index (χ3v) is 5.69. The zero-order valence-electron chi connectivity index (χ0n) is 12.0. The van der Waals surface area contributed by atoms with Gasteiger partial charge in [-0.15, -0.1) is 12.4 Å². The molecule has 3 N–H and O–H groups in total. The number of halogens is 2. The molecule has 1 saturated carbocycles. The fraction of sp³-hybridized carbons (Fsp3) is 0.500. The highest BCUT2D eigenvalue weighted by atomic mass is 35.5. The van der Waals surface area contributed by atoms with Crippen molar-refractivity contribution in [3.8, 4) is 6.07 Å². The van der Waals surface area contributed by atoms with Gasteiger partial charge in [-0.2, -0.15) is 5.26 Å². The minimum Gasteiger partial charge on any atom is -0.330 e. The molecule has 22 heavy (non-hydrogen) atoms. The van der Waals surface area contributed by atoms with E-state index in [9.17, 15) is 8.42 Å². The van der Waals surface area contributed by atoms with Crippen molar-refractivity contribution in [1.29, 1.82) is 5.26 Å². The number of nitriles is 1. The smallest absolute Gasteiger partial charge is 0.240 e. The maximum Gasteiger partial charge on any atom is 0.240 e. The molecular weight excluding hydrogens is 345 g/mol. The van der Waals surface area contributed by atoms with Crippen molar-refractivity contribution < 1.29 is 8.42 Å². The zero-order chi connectivity index (χ0) is 15.5. The number of nitrogens with two attached hydrogens (primary N) is 1. The van der Waals surface area contributed by atoms with E-state index in [-0.39, 0.29) is 39.8 Å². The number of rotatable bonds is 4. The number of hydrogen-bond donors (Lipinski definition) is 2. The normalized spacial score (nSPS) is 21.7. The van der Waals surface area contributed by atoms with Gasteiger partial charge in [0.15, 0.2) is 0 Å². The summed E-state index contributed by atoms with van der Waals surface area (Å²) in [6.45, 7) is 0.474. The molecule has 2 unspecified atom stereocenters. The van der Waals surface area contributed by atoms with E-state index in [1.54, 1.807) is 0 Å². The molecule has 2 atom stereocenters. The molecule has 1 aromatic rings. The van der Waals surface area contributed by atoms with Crippen molar-refractivity contribution in [2.45, 2.75) is 36.6 Å². The van der Waals surface area contributed by atoms with Gasteiger partial charge in [0.1, 0.15) is 6.07 Å². The Morgan fingerprint density at radius 1 is 1.36 bits per heavy atom. The van der Waals surface area contributed by atoms with Gasteiger partial charge >= 0.3 is 0 Å². The Hall–Kier alpha value is -0.840. The highest BCUT2D eigenvalue weighted by molar-refractivity contribution is 7.89. The number of benzene rings is 1. The highest BCUT2D eigenvalue weighted by Gasteiger charge is 2.28. The van der Waals surface area contributed by atoms with E-state index in [1.165, 1.54) is 18.2 Å². The summed E-state index contributed by atoms with van der Waals surface area (Å²) in [5.41, 5.74) is 5.98. The van der Waals surface area contributed by atoms with Crippen molar-refractivity contribution in [2.75, 3.05) is 6.54 Å². The fourth-order valence-electron chi connectivity index (χ4n) is 2.67. The van der Waals surface area contributed by atoms with Crippen LogP contribution in [-0.2, 0) is 10.0 Å². The van der Waals surface area contributed by atoms with Crippen molar-refractivity contribution in [3.63, 3.8) is 0 Å². The molecule has 0 aromatic heterocycles. The van der Waals surface area contributed by atoms with E-state index in [1.807, 2.05) is 6.07 Å². The van der Waals surface area contributed by atoms with E-state index < -0.39 is 10.0 Å². The zero-order valence-corrected chi connectivity index (χ0v) is 14.3. The van der Waals surface area contributed by atoms with Crippen LogP contribution in [0.2, 0.25) is 5.02 Å². The van der Waals surface area contributed by atoms with Gasteiger partial charge in [-0.25, -0.2) is 13.1 Å². The Kier molecular flexibility index (Phi) is 7.10. The molecule has 0 spiro atoms. The second kappa shape index (κ2) is 8.14. The number of sulfonamides is 1. The maximum absolute atomic E-state index is 12.4. The Morgan fingerprint density at radius 2 is 2.05 bits per heavy atom. The van der Waals surface area contributed by atoms with E-state index in [2.05, 4.69) is 4.72 Å². The molecule has 0 amide bonds. The molecule has 0 radical (unpaired) electrons. The lowest BCUT2D eigenvalue weighted by Crippen LogP contribution is -2.44. The van der Waals surface area contributed by atoms with Crippen LogP contribution in [0.1, 0.15) is 31.2 Å². The van der Waals surface area contributed by atoms with Crippen LogP contribution >= 0.6 is 24.0 Å². The van der Waals surface area contributed by atoms with Crippen LogP contribution in [0, 0.1) is 17.2 Å². The molecule has 5 nitrogen and oxygen atoms in total. The Bertz CT molecular complexity index is 659. The average molecular weight is 364 g/mol. The second-order valence-electron chi connectivity index (χ2n) is 5.26. The standard InChI is InChI=1S/C14H18ClN3O2S.ClH/c15-13-7-12(6-5-10(13)8-16)21(19,20)18-14-4-2-1-3-11(14)9-17;/h5-7,11,14,18H,1-4,9,17H2;1H. The minimum atomic E-state index is -3.65.